The van der Waals surface area contributed by atoms with Gasteiger partial charge in [0.25, 0.3) is 11.1 Å². The number of amides is 3. The summed E-state index contributed by atoms with van der Waals surface area (Å²) in [6.07, 6.45) is 3.86. The van der Waals surface area contributed by atoms with Gasteiger partial charge in [-0.1, -0.05) is 18.2 Å². The summed E-state index contributed by atoms with van der Waals surface area (Å²) in [4.78, 5) is 41.7. The molecule has 184 valence electrons. The highest BCUT2D eigenvalue weighted by molar-refractivity contribution is 8.18. The number of ether oxygens (including phenoxy) is 2. The molecule has 0 bridgehead atoms. The molecule has 2 aliphatic rings. The highest BCUT2D eigenvalue weighted by Crippen LogP contribution is 2.40. The van der Waals surface area contributed by atoms with E-state index in [1.165, 1.54) is 0 Å². The topological polar surface area (TPSA) is 88.2 Å². The predicted molar refractivity (Wildman–Crippen MR) is 138 cm³/mol. The Hall–Kier alpha value is -3.46. The lowest BCUT2D eigenvalue weighted by atomic mass is 10.1. The largest absolute Gasteiger partial charge is 0.496 e. The van der Waals surface area contributed by atoms with E-state index in [1.54, 1.807) is 20.3 Å². The maximum absolute atomic E-state index is 13.0. The minimum absolute atomic E-state index is 0.226. The minimum Gasteiger partial charge on any atom is -0.496 e. The van der Waals surface area contributed by atoms with Crippen molar-refractivity contribution < 1.29 is 23.9 Å². The van der Waals surface area contributed by atoms with E-state index in [9.17, 15) is 14.4 Å². The molecule has 35 heavy (non-hydrogen) atoms. The van der Waals surface area contributed by atoms with Crippen LogP contribution in [0.15, 0.2) is 35.2 Å². The van der Waals surface area contributed by atoms with Crippen LogP contribution in [-0.4, -0.2) is 55.8 Å². The van der Waals surface area contributed by atoms with Gasteiger partial charge >= 0.3 is 0 Å². The molecule has 2 aromatic carbocycles. The Labute approximate surface area is 209 Å². The Morgan fingerprint density at radius 1 is 1.06 bits per heavy atom. The van der Waals surface area contributed by atoms with Crippen LogP contribution in [0.3, 0.4) is 0 Å². The fraction of sp³-hybridized carbons (Fsp3) is 0.346. The molecule has 0 spiro atoms. The third-order valence-corrected chi connectivity index (χ3v) is 7.09. The molecule has 2 heterocycles. The van der Waals surface area contributed by atoms with Crippen molar-refractivity contribution in [1.29, 1.82) is 0 Å². The van der Waals surface area contributed by atoms with Crippen LogP contribution < -0.4 is 19.7 Å². The number of anilines is 2. The number of hydrogen-bond acceptors (Lipinski definition) is 7. The van der Waals surface area contributed by atoms with Crippen LogP contribution in [0.2, 0.25) is 0 Å². The number of nitrogens with one attached hydrogen (secondary N) is 1. The van der Waals surface area contributed by atoms with Gasteiger partial charge in [-0.25, -0.2) is 0 Å². The van der Waals surface area contributed by atoms with E-state index in [2.05, 4.69) is 10.2 Å². The molecule has 0 aliphatic carbocycles. The predicted octanol–water partition coefficient (Wildman–Crippen LogP) is 4.60. The molecular weight excluding hydrogens is 466 g/mol. The van der Waals surface area contributed by atoms with Crippen molar-refractivity contribution in [2.75, 3.05) is 44.1 Å². The van der Waals surface area contributed by atoms with E-state index in [0.717, 1.165) is 59.4 Å². The second-order valence-corrected chi connectivity index (χ2v) is 9.54. The summed E-state index contributed by atoms with van der Waals surface area (Å²) in [5.41, 5.74) is 4.07. The number of carbonyl (C=O) groups is 3. The fourth-order valence-electron chi connectivity index (χ4n) is 4.33. The number of aryl methyl sites for hydroxylation is 2. The number of hydrogen-bond donors (Lipinski definition) is 1. The van der Waals surface area contributed by atoms with Gasteiger partial charge in [0.15, 0.2) is 0 Å². The third-order valence-electron chi connectivity index (χ3n) is 6.19. The van der Waals surface area contributed by atoms with E-state index in [-0.39, 0.29) is 11.4 Å². The molecule has 1 N–H and O–H groups in total. The van der Waals surface area contributed by atoms with Gasteiger partial charge in [-0.2, -0.15) is 0 Å². The highest BCUT2D eigenvalue weighted by atomic mass is 32.2. The maximum atomic E-state index is 13.0. The van der Waals surface area contributed by atoms with Crippen molar-refractivity contribution in [1.82, 2.24) is 4.90 Å². The van der Waals surface area contributed by atoms with Crippen molar-refractivity contribution in [3.05, 3.63) is 51.9 Å². The number of methoxy groups -OCH3 is 2. The molecule has 9 heteroatoms. The third kappa shape index (κ3) is 5.14. The van der Waals surface area contributed by atoms with Crippen LogP contribution in [0.25, 0.3) is 6.08 Å². The Morgan fingerprint density at radius 3 is 2.34 bits per heavy atom. The average molecular weight is 496 g/mol. The van der Waals surface area contributed by atoms with Crippen LogP contribution in [0.4, 0.5) is 16.2 Å². The summed E-state index contributed by atoms with van der Waals surface area (Å²) in [6, 6.07) is 9.40. The molecule has 4 rings (SSSR count). The van der Waals surface area contributed by atoms with Gasteiger partial charge in [0, 0.05) is 30.4 Å². The van der Waals surface area contributed by atoms with Crippen LogP contribution in [0.1, 0.15) is 29.5 Å². The Bertz CT molecular complexity index is 1180. The zero-order chi connectivity index (χ0) is 25.1. The van der Waals surface area contributed by atoms with E-state index < -0.39 is 17.1 Å². The Balaban J connectivity index is 1.55. The molecule has 8 nitrogen and oxygen atoms in total. The number of imide groups is 1. The van der Waals surface area contributed by atoms with Gasteiger partial charge in [-0.3, -0.25) is 19.3 Å². The summed E-state index contributed by atoms with van der Waals surface area (Å²) < 4.78 is 11.2. The highest BCUT2D eigenvalue weighted by Gasteiger charge is 2.36. The molecule has 0 aromatic heterocycles. The monoisotopic (exact) mass is 495 g/mol. The van der Waals surface area contributed by atoms with Crippen molar-refractivity contribution >= 4 is 46.3 Å². The molecule has 0 unspecified atom stereocenters. The molecule has 2 fully saturated rings. The van der Waals surface area contributed by atoms with Gasteiger partial charge in [0.2, 0.25) is 5.91 Å². The first-order valence-electron chi connectivity index (χ1n) is 11.4. The molecule has 2 aromatic rings. The molecular formula is C26H29N3O5S. The lowest BCUT2D eigenvalue weighted by Crippen LogP contribution is -2.36. The lowest BCUT2D eigenvalue weighted by Gasteiger charge is -2.22. The van der Waals surface area contributed by atoms with Crippen LogP contribution in [-0.2, 0) is 9.59 Å². The SMILES string of the molecule is COc1cc(N2CCCC2)c(OC)cc1/C=C1/SC(=O)N(CC(=O)Nc2c(C)cccc2C)C1=O. The Morgan fingerprint density at radius 2 is 1.71 bits per heavy atom. The first-order chi connectivity index (χ1) is 16.8. The summed E-state index contributed by atoms with van der Waals surface area (Å²) in [5, 5.41) is 2.33. The maximum Gasteiger partial charge on any atom is 0.294 e. The second-order valence-electron chi connectivity index (χ2n) is 8.54. The normalized spacial score (nSPS) is 16.9. The summed E-state index contributed by atoms with van der Waals surface area (Å²) in [5.74, 6) is 0.305. The van der Waals surface area contributed by atoms with Crippen molar-refractivity contribution in [2.45, 2.75) is 26.7 Å². The van der Waals surface area contributed by atoms with E-state index in [0.29, 0.717) is 22.7 Å². The number of rotatable bonds is 7. The molecule has 0 atom stereocenters. The van der Waals surface area contributed by atoms with Crippen molar-refractivity contribution in [3.63, 3.8) is 0 Å². The van der Waals surface area contributed by atoms with Crippen LogP contribution in [0.5, 0.6) is 11.5 Å². The quantitative estimate of drug-likeness (QED) is 0.562. The lowest BCUT2D eigenvalue weighted by molar-refractivity contribution is -0.127. The van der Waals surface area contributed by atoms with Gasteiger partial charge in [-0.15, -0.1) is 0 Å². The molecule has 2 aliphatic heterocycles. The Kier molecular flexibility index (Phi) is 7.35. The summed E-state index contributed by atoms with van der Waals surface area (Å²) in [6.45, 7) is 5.32. The molecule has 0 saturated carbocycles. The fourth-order valence-corrected chi connectivity index (χ4v) is 5.16. The van der Waals surface area contributed by atoms with Crippen molar-refractivity contribution in [2.24, 2.45) is 0 Å². The number of thioether (sulfide) groups is 1. The molecule has 3 amide bonds. The molecule has 2 saturated heterocycles. The number of benzene rings is 2. The smallest absolute Gasteiger partial charge is 0.294 e. The zero-order valence-electron chi connectivity index (χ0n) is 20.3. The number of nitrogens with zero attached hydrogens (tertiary/aromatic N) is 2. The van der Waals surface area contributed by atoms with Gasteiger partial charge in [0.05, 0.1) is 24.8 Å². The zero-order valence-corrected chi connectivity index (χ0v) is 21.2. The van der Waals surface area contributed by atoms with Crippen LogP contribution in [0, 0.1) is 13.8 Å². The summed E-state index contributed by atoms with van der Waals surface area (Å²) >= 11 is 0.805. The number of para-hydroxylation sites is 1. The number of carbonyl (C=O) groups excluding carboxylic acids is 3. The first kappa shape index (κ1) is 24.7. The van der Waals surface area contributed by atoms with E-state index in [4.69, 9.17) is 9.47 Å². The van der Waals surface area contributed by atoms with Crippen LogP contribution >= 0.6 is 11.8 Å². The van der Waals surface area contributed by atoms with E-state index >= 15 is 0 Å². The van der Waals surface area contributed by atoms with Gasteiger partial charge in [-0.05, 0) is 61.7 Å². The minimum atomic E-state index is -0.513. The van der Waals surface area contributed by atoms with E-state index in [1.807, 2.05) is 44.2 Å². The van der Waals surface area contributed by atoms with Crippen molar-refractivity contribution in [3.8, 4) is 11.5 Å². The second kappa shape index (κ2) is 10.4. The standard InChI is InChI=1S/C26H29N3O5S/c1-16-8-7-9-17(2)24(16)27-23(30)15-29-25(31)22(35-26(29)32)13-18-12-21(34-4)19(14-20(18)33-3)28-10-5-6-11-28/h7-9,12-14H,5-6,10-11,15H2,1-4H3,(H,27,30)/b22-13+. The molecule has 0 radical (unpaired) electrons. The van der Waals surface area contributed by atoms with Gasteiger partial charge < -0.3 is 19.7 Å². The van der Waals surface area contributed by atoms with Gasteiger partial charge in [0.1, 0.15) is 18.0 Å². The first-order valence-corrected chi connectivity index (χ1v) is 12.3. The summed E-state index contributed by atoms with van der Waals surface area (Å²) in [7, 11) is 3.17. The average Bonchev–Trinajstić information content (AvgIpc) is 3.46.